The average molecular weight is 490 g/mol. The molecule has 3 aromatic rings. The standard InChI is InChI=1S/C28H35N5O3/c1-17(2)18-7-9-20(10-8-18)33-14-19-11-25(26(35-3)13-24(19)31-33)30-28(34)23-5-4-6-27(29-23)32-15-22-12-21(32)16-36-22/h4-6,11,13-14,17-18,20-22H,7-10,12,15-16H2,1-3H3,(H,30,34)/t18?,20?,21-,22-/m1/s1. The van der Waals surface area contributed by atoms with E-state index in [4.69, 9.17) is 14.6 Å². The zero-order chi connectivity index (χ0) is 24.8. The molecule has 2 atom stereocenters. The summed E-state index contributed by atoms with van der Waals surface area (Å²) in [6.07, 6.45) is 8.23. The molecule has 1 aliphatic carbocycles. The molecule has 2 bridgehead atoms. The van der Waals surface area contributed by atoms with E-state index in [0.717, 1.165) is 61.0 Å². The zero-order valence-electron chi connectivity index (χ0n) is 21.3. The molecule has 0 spiro atoms. The predicted octanol–water partition coefficient (Wildman–Crippen LogP) is 5.06. The van der Waals surface area contributed by atoms with E-state index < -0.39 is 0 Å². The average Bonchev–Trinajstić information content (AvgIpc) is 3.64. The number of amides is 1. The number of fused-ring (bicyclic) bond motifs is 3. The van der Waals surface area contributed by atoms with Crippen LogP contribution in [0, 0.1) is 11.8 Å². The Morgan fingerprint density at radius 2 is 2.00 bits per heavy atom. The monoisotopic (exact) mass is 489 g/mol. The van der Waals surface area contributed by atoms with Crippen molar-refractivity contribution in [1.82, 2.24) is 14.8 Å². The van der Waals surface area contributed by atoms with Crippen molar-refractivity contribution in [2.45, 2.75) is 64.1 Å². The van der Waals surface area contributed by atoms with E-state index in [0.29, 0.717) is 29.2 Å². The Kier molecular flexibility index (Phi) is 6.07. The van der Waals surface area contributed by atoms with Gasteiger partial charge in [-0.15, -0.1) is 0 Å². The number of carbonyl (C=O) groups is 1. The lowest BCUT2D eigenvalue weighted by atomic mass is 9.80. The molecule has 2 saturated heterocycles. The molecule has 190 valence electrons. The van der Waals surface area contributed by atoms with E-state index in [1.165, 1.54) is 12.8 Å². The van der Waals surface area contributed by atoms with Gasteiger partial charge in [-0.25, -0.2) is 4.98 Å². The van der Waals surface area contributed by atoms with Gasteiger partial charge >= 0.3 is 0 Å². The third-order valence-electron chi connectivity index (χ3n) is 8.31. The van der Waals surface area contributed by atoms with Crippen LogP contribution >= 0.6 is 0 Å². The molecule has 2 aromatic heterocycles. The molecule has 1 amide bonds. The van der Waals surface area contributed by atoms with Gasteiger partial charge in [0.1, 0.15) is 17.3 Å². The van der Waals surface area contributed by atoms with Gasteiger partial charge in [-0.1, -0.05) is 19.9 Å². The number of nitrogens with zero attached hydrogens (tertiary/aromatic N) is 4. The number of hydrogen-bond donors (Lipinski definition) is 1. The normalized spacial score (nSPS) is 25.6. The Labute approximate surface area is 212 Å². The summed E-state index contributed by atoms with van der Waals surface area (Å²) in [5, 5.41) is 8.88. The van der Waals surface area contributed by atoms with Gasteiger partial charge in [0.25, 0.3) is 5.91 Å². The largest absolute Gasteiger partial charge is 0.494 e. The quantitative estimate of drug-likeness (QED) is 0.521. The second kappa shape index (κ2) is 9.39. The minimum Gasteiger partial charge on any atom is -0.494 e. The summed E-state index contributed by atoms with van der Waals surface area (Å²) in [5.41, 5.74) is 1.89. The number of nitrogens with one attached hydrogen (secondary N) is 1. The first-order valence-electron chi connectivity index (χ1n) is 13.2. The summed E-state index contributed by atoms with van der Waals surface area (Å²) in [5.74, 6) is 2.72. The van der Waals surface area contributed by atoms with Gasteiger partial charge in [-0.2, -0.15) is 5.10 Å². The molecule has 1 N–H and O–H groups in total. The van der Waals surface area contributed by atoms with Crippen LogP contribution < -0.4 is 15.0 Å². The summed E-state index contributed by atoms with van der Waals surface area (Å²) >= 11 is 0. The molecule has 2 aliphatic heterocycles. The molecule has 8 nitrogen and oxygen atoms in total. The minimum absolute atomic E-state index is 0.255. The number of rotatable bonds is 6. The number of carbonyl (C=O) groups excluding carboxylic acids is 1. The maximum atomic E-state index is 13.2. The number of anilines is 2. The van der Waals surface area contributed by atoms with Crippen molar-refractivity contribution in [2.24, 2.45) is 11.8 Å². The van der Waals surface area contributed by atoms with E-state index in [1.54, 1.807) is 13.2 Å². The molecule has 0 radical (unpaired) electrons. The van der Waals surface area contributed by atoms with Gasteiger partial charge in [0.2, 0.25) is 0 Å². The molecule has 0 unspecified atom stereocenters. The summed E-state index contributed by atoms with van der Waals surface area (Å²) < 4.78 is 13.4. The summed E-state index contributed by atoms with van der Waals surface area (Å²) in [6.45, 7) is 6.21. The fraction of sp³-hybridized carbons (Fsp3) is 0.536. The lowest BCUT2D eigenvalue weighted by Crippen LogP contribution is -2.37. The van der Waals surface area contributed by atoms with Gasteiger partial charge in [0.15, 0.2) is 0 Å². The van der Waals surface area contributed by atoms with Crippen molar-refractivity contribution in [3.05, 3.63) is 42.2 Å². The lowest BCUT2D eigenvalue weighted by molar-refractivity contribution is 0.0988. The highest BCUT2D eigenvalue weighted by Gasteiger charge is 2.39. The van der Waals surface area contributed by atoms with Gasteiger partial charge < -0.3 is 19.7 Å². The second-order valence-electron chi connectivity index (χ2n) is 10.9. The van der Waals surface area contributed by atoms with E-state index in [-0.39, 0.29) is 12.0 Å². The molecular weight excluding hydrogens is 454 g/mol. The molecule has 4 heterocycles. The molecule has 36 heavy (non-hydrogen) atoms. The Balaban J connectivity index is 1.20. The van der Waals surface area contributed by atoms with Crippen LogP contribution in [0.25, 0.3) is 10.9 Å². The van der Waals surface area contributed by atoms with Crippen molar-refractivity contribution in [2.75, 3.05) is 30.5 Å². The van der Waals surface area contributed by atoms with Crippen molar-refractivity contribution < 1.29 is 14.3 Å². The van der Waals surface area contributed by atoms with Crippen LogP contribution in [0.3, 0.4) is 0 Å². The molecule has 1 saturated carbocycles. The molecule has 3 aliphatic rings. The highest BCUT2D eigenvalue weighted by Crippen LogP contribution is 2.37. The van der Waals surface area contributed by atoms with Crippen LogP contribution in [0.2, 0.25) is 0 Å². The minimum atomic E-state index is -0.255. The third kappa shape index (κ3) is 4.32. The Bertz CT molecular complexity index is 1260. The van der Waals surface area contributed by atoms with Crippen molar-refractivity contribution >= 4 is 28.3 Å². The topological polar surface area (TPSA) is 81.5 Å². The number of pyridine rings is 1. The van der Waals surface area contributed by atoms with E-state index in [9.17, 15) is 4.79 Å². The number of ether oxygens (including phenoxy) is 2. The first-order chi connectivity index (χ1) is 17.5. The van der Waals surface area contributed by atoms with Gasteiger partial charge in [0, 0.05) is 24.2 Å². The molecule has 1 aromatic carbocycles. The van der Waals surface area contributed by atoms with Crippen LogP contribution in [-0.2, 0) is 4.74 Å². The third-order valence-corrected chi connectivity index (χ3v) is 8.31. The van der Waals surface area contributed by atoms with E-state index >= 15 is 0 Å². The number of aromatic nitrogens is 3. The number of hydrogen-bond acceptors (Lipinski definition) is 6. The Hall–Kier alpha value is -3.13. The SMILES string of the molecule is COc1cc2nn(C3CCC(C(C)C)CC3)cc2cc1NC(=O)c1cccc(N2C[C@H]3C[C@@H]2CO3)n1. The first kappa shape index (κ1) is 23.3. The smallest absolute Gasteiger partial charge is 0.274 e. The molecular formula is C28H35N5O3. The van der Waals surface area contributed by atoms with Gasteiger partial charge in [-0.3, -0.25) is 9.48 Å². The van der Waals surface area contributed by atoms with Crippen LogP contribution in [-0.4, -0.2) is 53.1 Å². The van der Waals surface area contributed by atoms with Crippen molar-refractivity contribution in [1.29, 1.82) is 0 Å². The zero-order valence-corrected chi connectivity index (χ0v) is 21.3. The van der Waals surface area contributed by atoms with Crippen LogP contribution in [0.4, 0.5) is 11.5 Å². The Morgan fingerprint density at radius 1 is 1.17 bits per heavy atom. The maximum Gasteiger partial charge on any atom is 0.274 e. The van der Waals surface area contributed by atoms with E-state index in [1.807, 2.05) is 24.3 Å². The molecule has 3 fully saturated rings. The summed E-state index contributed by atoms with van der Waals surface area (Å²) in [4.78, 5) is 20.1. The fourth-order valence-corrected chi connectivity index (χ4v) is 6.13. The van der Waals surface area contributed by atoms with E-state index in [2.05, 4.69) is 39.9 Å². The summed E-state index contributed by atoms with van der Waals surface area (Å²) in [7, 11) is 1.62. The lowest BCUT2D eigenvalue weighted by Gasteiger charge is -2.30. The first-order valence-corrected chi connectivity index (χ1v) is 13.2. The molecule has 6 rings (SSSR count). The Morgan fingerprint density at radius 3 is 2.69 bits per heavy atom. The second-order valence-corrected chi connectivity index (χ2v) is 10.9. The van der Waals surface area contributed by atoms with Crippen LogP contribution in [0.15, 0.2) is 36.5 Å². The number of benzene rings is 1. The highest BCUT2D eigenvalue weighted by atomic mass is 16.5. The maximum absolute atomic E-state index is 13.2. The van der Waals surface area contributed by atoms with Crippen LogP contribution in [0.1, 0.15) is 62.5 Å². The van der Waals surface area contributed by atoms with Gasteiger partial charge in [0.05, 0.1) is 43.1 Å². The van der Waals surface area contributed by atoms with Gasteiger partial charge in [-0.05, 0) is 62.1 Å². The van der Waals surface area contributed by atoms with Crippen molar-refractivity contribution in [3.63, 3.8) is 0 Å². The highest BCUT2D eigenvalue weighted by molar-refractivity contribution is 6.05. The predicted molar refractivity (Wildman–Crippen MR) is 140 cm³/mol. The number of methoxy groups -OCH3 is 1. The fourth-order valence-electron chi connectivity index (χ4n) is 6.13. The molecule has 8 heteroatoms. The van der Waals surface area contributed by atoms with Crippen molar-refractivity contribution in [3.8, 4) is 5.75 Å². The van der Waals surface area contributed by atoms with Crippen LogP contribution in [0.5, 0.6) is 5.75 Å². The summed E-state index contributed by atoms with van der Waals surface area (Å²) in [6, 6.07) is 10.2. The number of morpholine rings is 1.